The van der Waals surface area contributed by atoms with Crippen LogP contribution in [0.3, 0.4) is 0 Å². The first-order valence-corrected chi connectivity index (χ1v) is 12.8. The average Bonchev–Trinajstić information content (AvgIpc) is 3.21. The Kier molecular flexibility index (Phi) is 7.70. The van der Waals surface area contributed by atoms with Crippen LogP contribution < -0.4 is 4.74 Å². The van der Waals surface area contributed by atoms with Gasteiger partial charge in [-0.15, -0.1) is 11.6 Å². The number of oxazole rings is 1. The number of rotatable bonds is 9. The maximum atomic E-state index is 11.8. The summed E-state index contributed by atoms with van der Waals surface area (Å²) in [4.78, 5) is 12.7. The lowest BCUT2D eigenvalue weighted by Gasteiger charge is -2.26. The van der Waals surface area contributed by atoms with Crippen molar-refractivity contribution in [3.05, 3.63) is 63.7 Å². The van der Waals surface area contributed by atoms with Gasteiger partial charge in [0.25, 0.3) is 0 Å². The Bertz CT molecular complexity index is 1170. The molecular weight excluding hydrogens is 497 g/mol. The first-order valence-electron chi connectivity index (χ1n) is 9.66. The molecule has 0 aliphatic heterocycles. The number of ether oxygens (including phenoxy) is 1. The minimum atomic E-state index is -3.45. The Balaban J connectivity index is 1.77. The molecule has 0 N–H and O–H groups in total. The summed E-state index contributed by atoms with van der Waals surface area (Å²) >= 11 is 18.4. The van der Waals surface area contributed by atoms with Gasteiger partial charge in [0.2, 0.25) is 0 Å². The van der Waals surface area contributed by atoms with Crippen molar-refractivity contribution in [2.75, 3.05) is 18.7 Å². The Morgan fingerprint density at radius 3 is 2.22 bits per heavy atom. The summed E-state index contributed by atoms with van der Waals surface area (Å²) in [7, 11) is -3.45. The molecule has 0 bridgehead atoms. The molecule has 0 spiro atoms. The molecule has 7 nitrogen and oxygen atoms in total. The molecule has 0 amide bonds. The molecule has 2 aromatic heterocycles. The van der Waals surface area contributed by atoms with Crippen LogP contribution in [0.2, 0.25) is 10.0 Å². The number of hydrogen-bond acceptors (Lipinski definition) is 7. The van der Waals surface area contributed by atoms with Crippen molar-refractivity contribution in [2.24, 2.45) is 0 Å². The van der Waals surface area contributed by atoms with Gasteiger partial charge in [-0.2, -0.15) is 0 Å². The summed E-state index contributed by atoms with van der Waals surface area (Å²) in [5.74, 6) is 1.58. The maximum Gasteiger partial charge on any atom is 0.196 e. The molecule has 0 aliphatic carbocycles. The fourth-order valence-electron chi connectivity index (χ4n) is 3.13. The summed E-state index contributed by atoms with van der Waals surface area (Å²) < 4.78 is 34.2. The van der Waals surface area contributed by atoms with Gasteiger partial charge >= 0.3 is 0 Å². The highest BCUT2D eigenvalue weighted by atomic mass is 35.5. The quantitative estimate of drug-likeness (QED) is 0.372. The van der Waals surface area contributed by atoms with Crippen LogP contribution in [0, 0.1) is 0 Å². The first kappa shape index (κ1) is 24.8. The molecule has 0 atom stereocenters. The van der Waals surface area contributed by atoms with E-state index in [1.807, 2.05) is 26.0 Å². The van der Waals surface area contributed by atoms with Crippen LogP contribution in [-0.4, -0.2) is 42.1 Å². The number of hydrogen-bond donors (Lipinski definition) is 0. The molecule has 1 aromatic carbocycles. The van der Waals surface area contributed by atoms with E-state index in [1.165, 1.54) is 0 Å². The van der Waals surface area contributed by atoms with Crippen molar-refractivity contribution in [3.8, 4) is 5.75 Å². The van der Waals surface area contributed by atoms with E-state index >= 15 is 0 Å². The van der Waals surface area contributed by atoms with Gasteiger partial charge in [-0.25, -0.2) is 23.4 Å². The highest BCUT2D eigenvalue weighted by molar-refractivity contribution is 7.90. The largest absolute Gasteiger partial charge is 0.489 e. The van der Waals surface area contributed by atoms with Crippen molar-refractivity contribution >= 4 is 44.6 Å². The second-order valence-electron chi connectivity index (χ2n) is 7.67. The lowest BCUT2D eigenvalue weighted by molar-refractivity contribution is 0.343. The summed E-state index contributed by atoms with van der Waals surface area (Å²) in [5.41, 5.74) is 1.26. The zero-order chi connectivity index (χ0) is 23.5. The number of alkyl halides is 1. The van der Waals surface area contributed by atoms with Gasteiger partial charge < -0.3 is 9.15 Å². The Morgan fingerprint density at radius 1 is 1.03 bits per heavy atom. The van der Waals surface area contributed by atoms with Crippen molar-refractivity contribution in [3.63, 3.8) is 0 Å². The summed E-state index contributed by atoms with van der Waals surface area (Å²) in [5, 5.41) is 0.747. The smallest absolute Gasteiger partial charge is 0.196 e. The molecule has 3 rings (SSSR count). The van der Waals surface area contributed by atoms with Crippen molar-refractivity contribution < 1.29 is 17.6 Å². The van der Waals surface area contributed by atoms with Crippen LogP contribution in [-0.2, 0) is 28.1 Å². The summed E-state index contributed by atoms with van der Waals surface area (Å²) in [6, 6.07) is 3.61. The summed E-state index contributed by atoms with van der Waals surface area (Å²) in [6.07, 6.45) is 6.42. The zero-order valence-corrected chi connectivity index (χ0v) is 20.8. The topological polar surface area (TPSA) is 95.2 Å². The molecule has 32 heavy (non-hydrogen) atoms. The number of aromatic nitrogens is 3. The zero-order valence-electron chi connectivity index (χ0n) is 17.7. The van der Waals surface area contributed by atoms with Crippen molar-refractivity contribution in [2.45, 2.75) is 37.1 Å². The SMILES string of the molecule is CC(C)(c1cnc(CCc2ocnc2S(C)(=O)=O)nc1)c1cc(Cl)c(OCCCl)c(Cl)c1. The molecule has 0 saturated carbocycles. The third-order valence-corrected chi connectivity index (χ3v) is 6.75. The number of benzene rings is 1. The van der Waals surface area contributed by atoms with Gasteiger partial charge in [-0.1, -0.05) is 37.0 Å². The fraction of sp³-hybridized carbons (Fsp3) is 0.381. The predicted octanol–water partition coefficient (Wildman–Crippen LogP) is 4.90. The van der Waals surface area contributed by atoms with Crippen LogP contribution in [0.4, 0.5) is 0 Å². The van der Waals surface area contributed by atoms with Crippen molar-refractivity contribution in [1.29, 1.82) is 0 Å². The number of nitrogens with zero attached hydrogens (tertiary/aromatic N) is 3. The lowest BCUT2D eigenvalue weighted by atomic mass is 9.79. The fourth-order valence-corrected chi connectivity index (χ4v) is 4.60. The van der Waals surface area contributed by atoms with Crippen LogP contribution in [0.25, 0.3) is 0 Å². The van der Waals surface area contributed by atoms with Crippen LogP contribution in [0.5, 0.6) is 5.75 Å². The minimum absolute atomic E-state index is 0.0533. The molecule has 0 unspecified atom stereocenters. The second kappa shape index (κ2) is 9.95. The molecule has 0 aliphatic rings. The molecule has 0 saturated heterocycles. The van der Waals surface area contributed by atoms with E-state index < -0.39 is 15.3 Å². The molecule has 172 valence electrons. The van der Waals surface area contributed by atoms with Crippen LogP contribution >= 0.6 is 34.8 Å². The molecule has 3 aromatic rings. The maximum absolute atomic E-state index is 11.8. The van der Waals surface area contributed by atoms with Gasteiger partial charge in [-0.3, -0.25) is 0 Å². The third-order valence-electron chi connectivity index (χ3n) is 5.00. The van der Waals surface area contributed by atoms with Crippen molar-refractivity contribution in [1.82, 2.24) is 15.0 Å². The number of aryl methyl sites for hydroxylation is 2. The van der Waals surface area contributed by atoms with Crippen LogP contribution in [0.15, 0.2) is 40.4 Å². The van der Waals surface area contributed by atoms with E-state index in [0.717, 1.165) is 23.8 Å². The van der Waals surface area contributed by atoms with Gasteiger partial charge in [0, 0.05) is 36.9 Å². The number of halogens is 3. The van der Waals surface area contributed by atoms with E-state index in [2.05, 4.69) is 15.0 Å². The highest BCUT2D eigenvalue weighted by Gasteiger charge is 2.27. The third kappa shape index (κ3) is 5.54. The lowest BCUT2D eigenvalue weighted by Crippen LogP contribution is -2.20. The van der Waals surface area contributed by atoms with Crippen LogP contribution in [0.1, 0.15) is 36.6 Å². The summed E-state index contributed by atoms with van der Waals surface area (Å²) in [6.45, 7) is 4.33. The molecule has 0 radical (unpaired) electrons. The second-order valence-corrected chi connectivity index (χ2v) is 10.8. The van der Waals surface area contributed by atoms with Gasteiger partial charge in [0.1, 0.15) is 18.2 Å². The molecule has 0 fully saturated rings. The molecule has 11 heteroatoms. The number of sulfone groups is 1. The van der Waals surface area contributed by atoms with E-state index in [-0.39, 0.29) is 5.03 Å². The average molecular weight is 519 g/mol. The van der Waals surface area contributed by atoms with Gasteiger partial charge in [0.05, 0.1) is 15.9 Å². The first-order chi connectivity index (χ1) is 15.0. The van der Waals surface area contributed by atoms with E-state index in [1.54, 1.807) is 12.4 Å². The van der Waals surface area contributed by atoms with E-state index in [4.69, 9.17) is 44.0 Å². The minimum Gasteiger partial charge on any atom is -0.489 e. The normalized spacial score (nSPS) is 12.2. The standard InChI is InChI=1S/C21H22Cl3N3O4S/c1-21(2,13-8-15(23)19(16(24)9-13)30-7-6-22)14-10-25-18(26-11-14)5-4-17-20(27-12-31-17)32(3,28)29/h8-12H,4-7H2,1-3H3. The van der Waals surface area contributed by atoms with Gasteiger partial charge in [0.15, 0.2) is 27.0 Å². The van der Waals surface area contributed by atoms with Gasteiger partial charge in [-0.05, 0) is 23.3 Å². The van der Waals surface area contributed by atoms with E-state index in [0.29, 0.717) is 52.7 Å². The Morgan fingerprint density at radius 2 is 1.66 bits per heavy atom. The van der Waals surface area contributed by atoms with E-state index in [9.17, 15) is 8.42 Å². The Labute approximate surface area is 202 Å². The Hall–Kier alpha value is -1.87. The monoisotopic (exact) mass is 517 g/mol. The molecular formula is C21H22Cl3N3O4S. The molecule has 2 heterocycles. The predicted molar refractivity (Wildman–Crippen MR) is 124 cm³/mol. The highest BCUT2D eigenvalue weighted by Crippen LogP contribution is 2.40.